The lowest BCUT2D eigenvalue weighted by Crippen LogP contribution is -2.25. The van der Waals surface area contributed by atoms with Gasteiger partial charge in [-0.1, -0.05) is 0 Å². The third-order valence-corrected chi connectivity index (χ3v) is 4.89. The molecule has 0 amide bonds. The number of benzene rings is 1. The largest absolute Gasteiger partial charge is 0.494 e. The fourth-order valence-corrected chi connectivity index (χ4v) is 2.58. The van der Waals surface area contributed by atoms with Gasteiger partial charge >= 0.3 is 0 Å². The van der Waals surface area contributed by atoms with Crippen molar-refractivity contribution in [1.29, 1.82) is 0 Å². The van der Waals surface area contributed by atoms with Crippen LogP contribution in [0.2, 0.25) is 0 Å². The standard InChI is InChI=1S/C14H19N3O3S/c1-16(2)21(18,19)12-4-11-20-14-7-5-13(6-8-14)17-10-3-9-15-17/h3,5-10H,4,11-12H2,1-2H3. The van der Waals surface area contributed by atoms with Crippen molar-refractivity contribution in [3.63, 3.8) is 0 Å². The van der Waals surface area contributed by atoms with Crippen LogP contribution in [-0.2, 0) is 10.0 Å². The number of nitrogens with zero attached hydrogens (tertiary/aromatic N) is 3. The smallest absolute Gasteiger partial charge is 0.213 e. The number of aromatic nitrogens is 2. The number of rotatable bonds is 7. The van der Waals surface area contributed by atoms with Crippen molar-refractivity contribution >= 4 is 10.0 Å². The highest BCUT2D eigenvalue weighted by atomic mass is 32.2. The zero-order valence-electron chi connectivity index (χ0n) is 12.1. The molecule has 0 fully saturated rings. The minimum Gasteiger partial charge on any atom is -0.494 e. The maximum Gasteiger partial charge on any atom is 0.213 e. The van der Waals surface area contributed by atoms with Crippen molar-refractivity contribution < 1.29 is 13.2 Å². The molecule has 7 heteroatoms. The topological polar surface area (TPSA) is 64.4 Å². The first-order valence-electron chi connectivity index (χ1n) is 6.62. The van der Waals surface area contributed by atoms with E-state index in [1.165, 1.54) is 18.4 Å². The molecule has 1 heterocycles. The Morgan fingerprint density at radius 1 is 1.24 bits per heavy atom. The molecule has 6 nitrogen and oxygen atoms in total. The number of hydrogen-bond acceptors (Lipinski definition) is 4. The third-order valence-electron chi connectivity index (χ3n) is 2.98. The van der Waals surface area contributed by atoms with Crippen molar-refractivity contribution in [2.75, 3.05) is 26.5 Å². The monoisotopic (exact) mass is 309 g/mol. The Hall–Kier alpha value is -1.86. The van der Waals surface area contributed by atoms with Gasteiger partial charge in [0.2, 0.25) is 10.0 Å². The van der Waals surface area contributed by atoms with E-state index in [9.17, 15) is 8.42 Å². The van der Waals surface area contributed by atoms with E-state index < -0.39 is 10.0 Å². The van der Waals surface area contributed by atoms with Gasteiger partial charge in [-0.3, -0.25) is 0 Å². The van der Waals surface area contributed by atoms with E-state index in [-0.39, 0.29) is 5.75 Å². The normalized spacial score (nSPS) is 11.8. The second-order valence-corrected chi connectivity index (χ2v) is 7.05. The van der Waals surface area contributed by atoms with Gasteiger partial charge < -0.3 is 4.74 Å². The summed E-state index contributed by atoms with van der Waals surface area (Å²) in [4.78, 5) is 0. The highest BCUT2D eigenvalue weighted by Crippen LogP contribution is 2.15. The summed E-state index contributed by atoms with van der Waals surface area (Å²) < 4.78 is 31.7. The number of hydrogen-bond donors (Lipinski definition) is 0. The van der Waals surface area contributed by atoms with Crippen LogP contribution in [0, 0.1) is 0 Å². The van der Waals surface area contributed by atoms with Crippen LogP contribution in [0.25, 0.3) is 5.69 Å². The van der Waals surface area contributed by atoms with E-state index in [1.807, 2.05) is 36.5 Å². The molecule has 0 saturated carbocycles. The Labute approximate surface area is 125 Å². The van der Waals surface area contributed by atoms with E-state index in [2.05, 4.69) is 5.10 Å². The summed E-state index contributed by atoms with van der Waals surface area (Å²) in [6.07, 6.45) is 4.04. The van der Waals surface area contributed by atoms with E-state index in [0.29, 0.717) is 18.8 Å². The van der Waals surface area contributed by atoms with Crippen LogP contribution >= 0.6 is 0 Å². The first-order chi connectivity index (χ1) is 9.99. The van der Waals surface area contributed by atoms with Gasteiger partial charge in [-0.15, -0.1) is 0 Å². The van der Waals surface area contributed by atoms with Gasteiger partial charge in [0.25, 0.3) is 0 Å². The van der Waals surface area contributed by atoms with Crippen LogP contribution in [0.5, 0.6) is 5.75 Å². The molecule has 0 radical (unpaired) electrons. The average molecular weight is 309 g/mol. The number of ether oxygens (including phenoxy) is 1. The molecule has 1 aromatic carbocycles. The Bertz CT molecular complexity index is 649. The van der Waals surface area contributed by atoms with Crippen LogP contribution in [0.4, 0.5) is 0 Å². The van der Waals surface area contributed by atoms with E-state index in [4.69, 9.17) is 4.74 Å². The van der Waals surface area contributed by atoms with Crippen LogP contribution in [-0.4, -0.2) is 49.0 Å². The highest BCUT2D eigenvalue weighted by Gasteiger charge is 2.12. The molecule has 21 heavy (non-hydrogen) atoms. The molecule has 0 unspecified atom stereocenters. The van der Waals surface area contributed by atoms with Gasteiger partial charge in [-0.25, -0.2) is 17.4 Å². The molecule has 0 aliphatic carbocycles. The summed E-state index contributed by atoms with van der Waals surface area (Å²) in [5.41, 5.74) is 0.947. The lowest BCUT2D eigenvalue weighted by molar-refractivity contribution is 0.317. The van der Waals surface area contributed by atoms with Crippen molar-refractivity contribution in [3.05, 3.63) is 42.7 Å². The van der Waals surface area contributed by atoms with Gasteiger partial charge in [-0.2, -0.15) is 5.10 Å². The molecule has 0 N–H and O–H groups in total. The Morgan fingerprint density at radius 2 is 1.95 bits per heavy atom. The Balaban J connectivity index is 1.82. The average Bonchev–Trinajstić information content (AvgIpc) is 2.98. The summed E-state index contributed by atoms with van der Waals surface area (Å²) >= 11 is 0. The van der Waals surface area contributed by atoms with Gasteiger partial charge in [0.1, 0.15) is 5.75 Å². The second-order valence-electron chi connectivity index (χ2n) is 4.74. The molecule has 1 aromatic heterocycles. The molecular weight excluding hydrogens is 290 g/mol. The van der Waals surface area contributed by atoms with Gasteiger partial charge in [-0.05, 0) is 36.8 Å². The van der Waals surface area contributed by atoms with Crippen molar-refractivity contribution in [3.8, 4) is 11.4 Å². The van der Waals surface area contributed by atoms with E-state index in [0.717, 1.165) is 5.69 Å². The molecule has 0 bridgehead atoms. The predicted octanol–water partition coefficient (Wildman–Crippen LogP) is 1.53. The lowest BCUT2D eigenvalue weighted by Gasteiger charge is -2.11. The van der Waals surface area contributed by atoms with Crippen LogP contribution in [0.3, 0.4) is 0 Å². The lowest BCUT2D eigenvalue weighted by atomic mass is 10.3. The Morgan fingerprint density at radius 3 is 2.52 bits per heavy atom. The fraction of sp³-hybridized carbons (Fsp3) is 0.357. The maximum absolute atomic E-state index is 11.6. The van der Waals surface area contributed by atoms with E-state index >= 15 is 0 Å². The minimum absolute atomic E-state index is 0.0887. The van der Waals surface area contributed by atoms with E-state index in [1.54, 1.807) is 10.9 Å². The first kappa shape index (κ1) is 15.5. The van der Waals surface area contributed by atoms with Crippen LogP contribution in [0.1, 0.15) is 6.42 Å². The van der Waals surface area contributed by atoms with Crippen molar-refractivity contribution in [2.24, 2.45) is 0 Å². The zero-order valence-corrected chi connectivity index (χ0v) is 13.0. The predicted molar refractivity (Wildman–Crippen MR) is 81.1 cm³/mol. The maximum atomic E-state index is 11.6. The zero-order chi connectivity index (χ0) is 15.3. The molecular formula is C14H19N3O3S. The third kappa shape index (κ3) is 4.30. The van der Waals surface area contributed by atoms with Gasteiger partial charge in [0, 0.05) is 26.5 Å². The minimum atomic E-state index is -3.15. The van der Waals surface area contributed by atoms with Crippen LogP contribution in [0.15, 0.2) is 42.7 Å². The molecule has 2 rings (SSSR count). The summed E-state index contributed by atoms with van der Waals surface area (Å²) in [5.74, 6) is 0.805. The molecule has 0 atom stereocenters. The molecule has 2 aromatic rings. The summed E-state index contributed by atoms with van der Waals surface area (Å²) in [7, 11) is -0.0833. The van der Waals surface area contributed by atoms with Gasteiger partial charge in [0.05, 0.1) is 18.0 Å². The SMILES string of the molecule is CN(C)S(=O)(=O)CCCOc1ccc(-n2cccn2)cc1. The second kappa shape index (κ2) is 6.73. The first-order valence-corrected chi connectivity index (χ1v) is 8.23. The number of sulfonamides is 1. The molecule has 0 aliphatic heterocycles. The molecule has 0 saturated heterocycles. The molecule has 0 spiro atoms. The van der Waals surface area contributed by atoms with Gasteiger partial charge in [0.15, 0.2) is 0 Å². The van der Waals surface area contributed by atoms with Crippen LogP contribution < -0.4 is 4.74 Å². The molecule has 114 valence electrons. The summed E-state index contributed by atoms with van der Waals surface area (Å²) in [6.45, 7) is 0.369. The summed E-state index contributed by atoms with van der Waals surface area (Å²) in [6, 6.07) is 9.35. The molecule has 0 aliphatic rings. The quantitative estimate of drug-likeness (QED) is 0.728. The fourth-order valence-electron chi connectivity index (χ4n) is 1.73. The van der Waals surface area contributed by atoms with Crippen molar-refractivity contribution in [1.82, 2.24) is 14.1 Å². The highest BCUT2D eigenvalue weighted by molar-refractivity contribution is 7.89. The summed E-state index contributed by atoms with van der Waals surface area (Å²) in [5, 5.41) is 4.14. The van der Waals surface area contributed by atoms with Crippen molar-refractivity contribution in [2.45, 2.75) is 6.42 Å². The Kier molecular flexibility index (Phi) is 4.98.